The molecule has 0 amide bonds. The van der Waals surface area contributed by atoms with Crippen LogP contribution in [-0.4, -0.2) is 17.2 Å². The zero-order valence-electron chi connectivity index (χ0n) is 9.13. The summed E-state index contributed by atoms with van der Waals surface area (Å²) >= 11 is 1.54. The normalized spacial score (nSPS) is 10.4. The van der Waals surface area contributed by atoms with Crippen molar-refractivity contribution in [1.29, 1.82) is 0 Å². The minimum absolute atomic E-state index is 0.590. The fourth-order valence-corrected chi connectivity index (χ4v) is 1.98. The van der Waals surface area contributed by atoms with Crippen LogP contribution in [0.4, 0.5) is 5.13 Å². The molecule has 0 aliphatic rings. The molecule has 16 heavy (non-hydrogen) atoms. The molecular weight excluding hydrogens is 220 g/mol. The highest BCUT2D eigenvalue weighted by Gasteiger charge is 2.04. The van der Waals surface area contributed by atoms with Gasteiger partial charge in [-0.05, 0) is 11.1 Å². The SMILES string of the molecule is CN(Cc1ccc(CN)cc1)c1nncs1. The Bertz CT molecular complexity index is 424. The third kappa shape index (κ3) is 2.56. The molecule has 0 fully saturated rings. The standard InChI is InChI=1S/C11H14N4S/c1-15(11-14-13-8-16-11)7-10-4-2-9(6-12)3-5-10/h2-5,8H,6-7,12H2,1H3. The molecule has 0 atom stereocenters. The number of benzene rings is 1. The van der Waals surface area contributed by atoms with Crippen LogP contribution in [0.2, 0.25) is 0 Å². The molecule has 2 N–H and O–H groups in total. The predicted molar refractivity (Wildman–Crippen MR) is 66.3 cm³/mol. The van der Waals surface area contributed by atoms with Crippen LogP contribution < -0.4 is 10.6 Å². The van der Waals surface area contributed by atoms with Gasteiger partial charge in [0.15, 0.2) is 0 Å². The average molecular weight is 234 g/mol. The van der Waals surface area contributed by atoms with Gasteiger partial charge in [-0.2, -0.15) is 0 Å². The van der Waals surface area contributed by atoms with Gasteiger partial charge >= 0.3 is 0 Å². The summed E-state index contributed by atoms with van der Waals surface area (Å²) in [5, 5.41) is 8.78. The molecule has 0 unspecified atom stereocenters. The maximum absolute atomic E-state index is 5.55. The van der Waals surface area contributed by atoms with E-state index in [1.807, 2.05) is 7.05 Å². The molecule has 0 bridgehead atoms. The van der Waals surface area contributed by atoms with Crippen LogP contribution in [0.15, 0.2) is 29.8 Å². The summed E-state index contributed by atoms with van der Waals surface area (Å²) in [5.74, 6) is 0. The lowest BCUT2D eigenvalue weighted by Gasteiger charge is -2.15. The monoisotopic (exact) mass is 234 g/mol. The topological polar surface area (TPSA) is 55.0 Å². The van der Waals surface area contributed by atoms with Crippen LogP contribution >= 0.6 is 11.3 Å². The number of hydrogen-bond acceptors (Lipinski definition) is 5. The highest BCUT2D eigenvalue weighted by molar-refractivity contribution is 7.13. The largest absolute Gasteiger partial charge is 0.345 e. The van der Waals surface area contributed by atoms with Crippen molar-refractivity contribution in [2.45, 2.75) is 13.1 Å². The van der Waals surface area contributed by atoms with Gasteiger partial charge in [-0.15, -0.1) is 10.2 Å². The Labute approximate surface area is 98.7 Å². The van der Waals surface area contributed by atoms with Crippen LogP contribution in [0.25, 0.3) is 0 Å². The smallest absolute Gasteiger partial charge is 0.208 e. The van der Waals surface area contributed by atoms with Crippen LogP contribution in [-0.2, 0) is 13.1 Å². The molecule has 0 aliphatic carbocycles. The second-order valence-electron chi connectivity index (χ2n) is 3.60. The maximum Gasteiger partial charge on any atom is 0.208 e. The molecule has 5 heteroatoms. The first kappa shape index (κ1) is 11.0. The second-order valence-corrected chi connectivity index (χ2v) is 4.41. The van der Waals surface area contributed by atoms with Gasteiger partial charge in [0, 0.05) is 20.1 Å². The first-order valence-electron chi connectivity index (χ1n) is 5.05. The highest BCUT2D eigenvalue weighted by Crippen LogP contribution is 2.16. The molecule has 84 valence electrons. The van der Waals surface area contributed by atoms with E-state index in [9.17, 15) is 0 Å². The Kier molecular flexibility index (Phi) is 3.48. The minimum Gasteiger partial charge on any atom is -0.345 e. The van der Waals surface area contributed by atoms with Gasteiger partial charge in [0.2, 0.25) is 5.13 Å². The van der Waals surface area contributed by atoms with Crippen molar-refractivity contribution in [3.8, 4) is 0 Å². The molecule has 0 spiro atoms. The molecule has 1 heterocycles. The number of aromatic nitrogens is 2. The molecule has 0 radical (unpaired) electrons. The van der Waals surface area contributed by atoms with Crippen molar-refractivity contribution in [2.24, 2.45) is 5.73 Å². The average Bonchev–Trinajstić information content (AvgIpc) is 2.83. The second kappa shape index (κ2) is 5.05. The van der Waals surface area contributed by atoms with E-state index >= 15 is 0 Å². The number of rotatable bonds is 4. The Morgan fingerprint density at radius 1 is 1.25 bits per heavy atom. The lowest BCUT2D eigenvalue weighted by Crippen LogP contribution is -2.16. The Morgan fingerprint density at radius 2 is 1.94 bits per heavy atom. The lowest BCUT2D eigenvalue weighted by molar-refractivity contribution is 0.892. The quantitative estimate of drug-likeness (QED) is 0.873. The summed E-state index contributed by atoms with van der Waals surface area (Å²) in [6.45, 7) is 1.42. The third-order valence-corrected chi connectivity index (χ3v) is 3.16. The zero-order valence-corrected chi connectivity index (χ0v) is 9.94. The Balaban J connectivity index is 2.03. The van der Waals surface area contributed by atoms with Gasteiger partial charge in [0.25, 0.3) is 0 Å². The fourth-order valence-electron chi connectivity index (χ4n) is 1.46. The Hall–Kier alpha value is -1.46. The Morgan fingerprint density at radius 3 is 2.50 bits per heavy atom. The van der Waals surface area contributed by atoms with Gasteiger partial charge in [-0.1, -0.05) is 35.6 Å². The van der Waals surface area contributed by atoms with Crippen molar-refractivity contribution in [2.75, 3.05) is 11.9 Å². The van der Waals surface area contributed by atoms with Crippen LogP contribution in [0, 0.1) is 0 Å². The van der Waals surface area contributed by atoms with Crippen LogP contribution in [0.5, 0.6) is 0 Å². The van der Waals surface area contributed by atoms with Crippen LogP contribution in [0.3, 0.4) is 0 Å². The van der Waals surface area contributed by atoms with E-state index in [1.54, 1.807) is 16.8 Å². The van der Waals surface area contributed by atoms with E-state index in [2.05, 4.69) is 39.4 Å². The first-order chi connectivity index (χ1) is 7.79. The highest BCUT2D eigenvalue weighted by atomic mass is 32.1. The van der Waals surface area contributed by atoms with Crippen molar-refractivity contribution in [1.82, 2.24) is 10.2 Å². The molecule has 2 aromatic rings. The lowest BCUT2D eigenvalue weighted by atomic mass is 10.1. The van der Waals surface area contributed by atoms with E-state index in [0.29, 0.717) is 6.54 Å². The number of nitrogens with zero attached hydrogens (tertiary/aromatic N) is 3. The first-order valence-corrected chi connectivity index (χ1v) is 5.93. The zero-order chi connectivity index (χ0) is 11.4. The minimum atomic E-state index is 0.590. The predicted octanol–water partition coefficient (Wildman–Crippen LogP) is 1.63. The summed E-state index contributed by atoms with van der Waals surface area (Å²) < 4.78 is 0. The van der Waals surface area contributed by atoms with Gasteiger partial charge in [-0.3, -0.25) is 0 Å². The van der Waals surface area contributed by atoms with Crippen molar-refractivity contribution >= 4 is 16.5 Å². The van der Waals surface area contributed by atoms with Crippen molar-refractivity contribution in [3.63, 3.8) is 0 Å². The molecular formula is C11H14N4S. The molecule has 2 rings (SSSR count). The molecule has 0 saturated heterocycles. The summed E-state index contributed by atoms with van der Waals surface area (Å²) in [4.78, 5) is 2.08. The number of nitrogens with two attached hydrogens (primary N) is 1. The number of anilines is 1. The summed E-state index contributed by atoms with van der Waals surface area (Å²) in [7, 11) is 2.01. The van der Waals surface area contributed by atoms with Gasteiger partial charge in [-0.25, -0.2) is 0 Å². The summed E-state index contributed by atoms with van der Waals surface area (Å²) in [6.07, 6.45) is 0. The van der Waals surface area contributed by atoms with Gasteiger partial charge in [0.05, 0.1) is 0 Å². The van der Waals surface area contributed by atoms with E-state index in [0.717, 1.165) is 17.2 Å². The summed E-state index contributed by atoms with van der Waals surface area (Å²) in [6, 6.07) is 8.31. The third-order valence-electron chi connectivity index (χ3n) is 2.35. The maximum atomic E-state index is 5.55. The van der Waals surface area contributed by atoms with Gasteiger partial charge in [0.1, 0.15) is 5.51 Å². The van der Waals surface area contributed by atoms with E-state index in [1.165, 1.54) is 5.56 Å². The van der Waals surface area contributed by atoms with E-state index < -0.39 is 0 Å². The molecule has 1 aromatic heterocycles. The molecule has 1 aromatic carbocycles. The van der Waals surface area contributed by atoms with Gasteiger partial charge < -0.3 is 10.6 Å². The van der Waals surface area contributed by atoms with Crippen LogP contribution in [0.1, 0.15) is 11.1 Å². The molecule has 0 saturated carbocycles. The van der Waals surface area contributed by atoms with Crippen molar-refractivity contribution in [3.05, 3.63) is 40.9 Å². The van der Waals surface area contributed by atoms with Crippen molar-refractivity contribution < 1.29 is 0 Å². The molecule has 0 aliphatic heterocycles. The number of hydrogen-bond donors (Lipinski definition) is 1. The van der Waals surface area contributed by atoms with E-state index in [-0.39, 0.29) is 0 Å². The summed E-state index contributed by atoms with van der Waals surface area (Å²) in [5.41, 5.74) is 9.69. The molecule has 4 nitrogen and oxygen atoms in total. The van der Waals surface area contributed by atoms with E-state index in [4.69, 9.17) is 5.73 Å². The fraction of sp³-hybridized carbons (Fsp3) is 0.273.